The van der Waals surface area contributed by atoms with Crippen molar-refractivity contribution in [2.24, 2.45) is 0 Å². The van der Waals surface area contributed by atoms with E-state index < -0.39 is 6.10 Å². The summed E-state index contributed by atoms with van der Waals surface area (Å²) in [6.45, 7) is 4.90. The molecule has 1 atom stereocenters. The minimum absolute atomic E-state index is 0.212. The number of nitrogens with one attached hydrogen (secondary N) is 1. The van der Waals surface area contributed by atoms with Crippen molar-refractivity contribution in [3.05, 3.63) is 0 Å². The van der Waals surface area contributed by atoms with Crippen molar-refractivity contribution >= 4 is 5.97 Å². The van der Waals surface area contributed by atoms with Crippen LogP contribution < -0.4 is 5.32 Å². The van der Waals surface area contributed by atoms with E-state index in [0.29, 0.717) is 6.04 Å². The number of rotatable bonds is 5. The van der Waals surface area contributed by atoms with Crippen LogP contribution in [0.2, 0.25) is 0 Å². The monoisotopic (exact) mass is 229 g/mol. The third-order valence-electron chi connectivity index (χ3n) is 3.10. The maximum absolute atomic E-state index is 11.2. The summed E-state index contributed by atoms with van der Waals surface area (Å²) in [5.74, 6) is -0.284. The van der Waals surface area contributed by atoms with Gasteiger partial charge in [0.25, 0.3) is 0 Å². The molecule has 4 heteroatoms. The Morgan fingerprint density at radius 3 is 2.50 bits per heavy atom. The van der Waals surface area contributed by atoms with Gasteiger partial charge in [-0.3, -0.25) is 0 Å². The molecule has 0 aromatic heterocycles. The molecule has 4 nitrogen and oxygen atoms in total. The molecule has 1 rings (SSSR count). The van der Waals surface area contributed by atoms with Crippen molar-refractivity contribution < 1.29 is 14.3 Å². The van der Waals surface area contributed by atoms with Gasteiger partial charge in [-0.2, -0.15) is 0 Å². The molecule has 1 aliphatic rings. The summed E-state index contributed by atoms with van der Waals surface area (Å²) < 4.78 is 10.3. The minimum atomic E-state index is -0.439. The zero-order valence-corrected chi connectivity index (χ0v) is 10.5. The van der Waals surface area contributed by atoms with Gasteiger partial charge in [-0.15, -0.1) is 0 Å². The molecule has 0 amide bonds. The van der Waals surface area contributed by atoms with Gasteiger partial charge in [-0.05, 0) is 39.2 Å². The number of carbonyl (C=O) groups excluding carboxylic acids is 1. The van der Waals surface area contributed by atoms with E-state index in [1.807, 2.05) is 0 Å². The number of hydrogen-bond donors (Lipinski definition) is 1. The lowest BCUT2D eigenvalue weighted by molar-refractivity contribution is -0.157. The van der Waals surface area contributed by atoms with E-state index in [4.69, 9.17) is 4.74 Å². The molecule has 0 saturated heterocycles. The zero-order chi connectivity index (χ0) is 12.0. The molecule has 0 heterocycles. The van der Waals surface area contributed by atoms with E-state index in [9.17, 15) is 4.79 Å². The van der Waals surface area contributed by atoms with Crippen LogP contribution in [0.3, 0.4) is 0 Å². The van der Waals surface area contributed by atoms with Crippen molar-refractivity contribution in [3.8, 4) is 0 Å². The Morgan fingerprint density at radius 1 is 1.38 bits per heavy atom. The molecule has 0 bridgehead atoms. The van der Waals surface area contributed by atoms with Crippen LogP contribution in [0, 0.1) is 0 Å². The van der Waals surface area contributed by atoms with Crippen LogP contribution in [0.4, 0.5) is 0 Å². The Kier molecular flexibility index (Phi) is 5.77. The molecule has 0 spiro atoms. The van der Waals surface area contributed by atoms with Crippen molar-refractivity contribution in [3.63, 3.8) is 0 Å². The molecular weight excluding hydrogens is 206 g/mol. The van der Waals surface area contributed by atoms with Crippen molar-refractivity contribution in [2.75, 3.05) is 13.7 Å². The largest absolute Gasteiger partial charge is 0.467 e. The van der Waals surface area contributed by atoms with Crippen LogP contribution in [-0.2, 0) is 14.3 Å². The van der Waals surface area contributed by atoms with E-state index in [-0.39, 0.29) is 12.1 Å². The highest BCUT2D eigenvalue weighted by Crippen LogP contribution is 2.22. The molecule has 1 unspecified atom stereocenters. The molecule has 16 heavy (non-hydrogen) atoms. The van der Waals surface area contributed by atoms with Crippen LogP contribution in [0.5, 0.6) is 0 Å². The topological polar surface area (TPSA) is 47.6 Å². The van der Waals surface area contributed by atoms with Gasteiger partial charge in [0.15, 0.2) is 6.10 Å². The number of hydrogen-bond acceptors (Lipinski definition) is 4. The molecule has 1 N–H and O–H groups in total. The summed E-state index contributed by atoms with van der Waals surface area (Å²) in [5, 5.41) is 3.45. The average molecular weight is 229 g/mol. The van der Waals surface area contributed by atoms with Crippen LogP contribution >= 0.6 is 0 Å². The van der Waals surface area contributed by atoms with Crippen molar-refractivity contribution in [1.82, 2.24) is 5.32 Å². The summed E-state index contributed by atoms with van der Waals surface area (Å²) in [5.41, 5.74) is 0. The molecule has 0 aromatic rings. The van der Waals surface area contributed by atoms with Gasteiger partial charge in [0.2, 0.25) is 0 Å². The predicted octanol–water partition coefficient (Wildman–Crippen LogP) is 1.49. The third-order valence-corrected chi connectivity index (χ3v) is 3.10. The number of esters is 1. The second-order valence-corrected chi connectivity index (χ2v) is 4.33. The predicted molar refractivity (Wildman–Crippen MR) is 62.3 cm³/mol. The number of methoxy groups -OCH3 is 1. The maximum Gasteiger partial charge on any atom is 0.334 e. The third kappa shape index (κ3) is 4.10. The van der Waals surface area contributed by atoms with Crippen LogP contribution in [-0.4, -0.2) is 37.9 Å². The quantitative estimate of drug-likeness (QED) is 0.725. The van der Waals surface area contributed by atoms with Crippen molar-refractivity contribution in [1.29, 1.82) is 0 Å². The second kappa shape index (κ2) is 6.86. The minimum Gasteiger partial charge on any atom is -0.467 e. The molecule has 0 aromatic carbocycles. The highest BCUT2D eigenvalue weighted by atomic mass is 16.6. The summed E-state index contributed by atoms with van der Waals surface area (Å²) in [7, 11) is 1.39. The molecule has 94 valence electrons. The summed E-state index contributed by atoms with van der Waals surface area (Å²) in [6, 6.07) is 0.623. The average Bonchev–Trinajstić information content (AvgIpc) is 2.31. The Labute approximate surface area is 97.7 Å². The Morgan fingerprint density at radius 2 is 2.00 bits per heavy atom. The smallest absolute Gasteiger partial charge is 0.334 e. The van der Waals surface area contributed by atoms with E-state index in [1.165, 1.54) is 7.11 Å². The van der Waals surface area contributed by atoms with Gasteiger partial charge in [0.05, 0.1) is 13.2 Å². The van der Waals surface area contributed by atoms with Gasteiger partial charge in [0, 0.05) is 6.04 Å². The number of carbonyl (C=O) groups is 1. The van der Waals surface area contributed by atoms with Gasteiger partial charge in [0.1, 0.15) is 0 Å². The van der Waals surface area contributed by atoms with E-state index >= 15 is 0 Å². The van der Waals surface area contributed by atoms with Gasteiger partial charge >= 0.3 is 5.97 Å². The normalized spacial score (nSPS) is 27.4. The first-order valence-corrected chi connectivity index (χ1v) is 6.14. The lowest BCUT2D eigenvalue weighted by Crippen LogP contribution is -2.37. The fraction of sp³-hybridized carbons (Fsp3) is 0.917. The molecular formula is C12H23NO3. The van der Waals surface area contributed by atoms with E-state index in [0.717, 1.165) is 32.2 Å². The second-order valence-electron chi connectivity index (χ2n) is 4.33. The van der Waals surface area contributed by atoms with Gasteiger partial charge in [-0.25, -0.2) is 4.79 Å². The highest BCUT2D eigenvalue weighted by Gasteiger charge is 2.24. The fourth-order valence-electron chi connectivity index (χ4n) is 2.20. The first-order chi connectivity index (χ1) is 7.67. The standard InChI is InChI=1S/C12H23NO3/c1-4-13-10-5-7-11(8-6-10)16-9(2)12(14)15-3/h9-11,13H,4-8H2,1-3H3. The SMILES string of the molecule is CCNC1CCC(OC(C)C(=O)OC)CC1. The zero-order valence-electron chi connectivity index (χ0n) is 10.5. The first kappa shape index (κ1) is 13.5. The number of ether oxygens (including phenoxy) is 2. The Balaban J connectivity index is 2.24. The summed E-state index contributed by atoms with van der Waals surface area (Å²) in [4.78, 5) is 11.2. The van der Waals surface area contributed by atoms with Crippen LogP contribution in [0.25, 0.3) is 0 Å². The van der Waals surface area contributed by atoms with Gasteiger partial charge < -0.3 is 14.8 Å². The summed E-state index contributed by atoms with van der Waals surface area (Å²) >= 11 is 0. The van der Waals surface area contributed by atoms with Crippen molar-refractivity contribution in [2.45, 2.75) is 57.8 Å². The molecule has 1 aliphatic carbocycles. The van der Waals surface area contributed by atoms with E-state index in [1.54, 1.807) is 6.92 Å². The van der Waals surface area contributed by atoms with E-state index in [2.05, 4.69) is 17.0 Å². The molecule has 0 aliphatic heterocycles. The summed E-state index contributed by atoms with van der Waals surface area (Å²) in [6.07, 6.45) is 4.09. The Hall–Kier alpha value is -0.610. The maximum atomic E-state index is 11.2. The van der Waals surface area contributed by atoms with Gasteiger partial charge in [-0.1, -0.05) is 6.92 Å². The Bertz CT molecular complexity index is 212. The lowest BCUT2D eigenvalue weighted by Gasteiger charge is -2.30. The lowest BCUT2D eigenvalue weighted by atomic mass is 9.93. The molecule has 0 radical (unpaired) electrons. The van der Waals surface area contributed by atoms with Crippen LogP contribution in [0.15, 0.2) is 0 Å². The first-order valence-electron chi connectivity index (χ1n) is 6.14. The highest BCUT2D eigenvalue weighted by molar-refractivity contribution is 5.73. The molecule has 1 fully saturated rings. The van der Waals surface area contributed by atoms with Crippen LogP contribution in [0.1, 0.15) is 39.5 Å². The fourth-order valence-corrected chi connectivity index (χ4v) is 2.20. The molecule has 1 saturated carbocycles.